The van der Waals surface area contributed by atoms with Crippen molar-refractivity contribution in [3.05, 3.63) is 51.5 Å². The Morgan fingerprint density at radius 2 is 2.00 bits per heavy atom. The first-order chi connectivity index (χ1) is 11.8. The van der Waals surface area contributed by atoms with E-state index in [1.54, 1.807) is 11.3 Å². The summed E-state index contributed by atoms with van der Waals surface area (Å²) in [6.07, 6.45) is 4.54. The number of carbonyl (C=O) groups excluding carboxylic acids is 1. The Bertz CT molecular complexity index is 713. The molecule has 0 radical (unpaired) electrons. The molecule has 1 aromatic heterocycles. The van der Waals surface area contributed by atoms with E-state index in [1.807, 2.05) is 16.5 Å². The molecule has 2 heterocycles. The highest BCUT2D eigenvalue weighted by molar-refractivity contribution is 7.07. The van der Waals surface area contributed by atoms with Crippen LogP contribution in [0.3, 0.4) is 0 Å². The fourth-order valence-electron chi connectivity index (χ4n) is 3.76. The molecule has 5 heteroatoms. The summed E-state index contributed by atoms with van der Waals surface area (Å²) in [5.74, 6) is 0.195. The Kier molecular flexibility index (Phi) is 4.63. The molecule has 2 aliphatic rings. The molecule has 0 saturated carbocycles. The molecule has 1 aliphatic heterocycles. The summed E-state index contributed by atoms with van der Waals surface area (Å²) >= 11 is 1.64. The van der Waals surface area contributed by atoms with Crippen LogP contribution in [0.2, 0.25) is 0 Å². The first kappa shape index (κ1) is 15.8. The predicted molar refractivity (Wildman–Crippen MR) is 96.4 cm³/mol. The number of thiazole rings is 1. The van der Waals surface area contributed by atoms with Gasteiger partial charge in [-0.15, -0.1) is 11.3 Å². The van der Waals surface area contributed by atoms with Crippen LogP contribution in [0.15, 0.2) is 29.1 Å². The summed E-state index contributed by atoms with van der Waals surface area (Å²) in [5, 5.41) is 2.11. The number of amides is 1. The maximum absolute atomic E-state index is 12.9. The Balaban J connectivity index is 1.40. The number of nitrogens with zero attached hydrogens (tertiary/aromatic N) is 3. The fraction of sp³-hybridized carbons (Fsp3) is 0.474. The van der Waals surface area contributed by atoms with E-state index in [-0.39, 0.29) is 5.91 Å². The quantitative estimate of drug-likeness (QED) is 0.861. The molecular formula is C19H23N3OS. The molecule has 126 valence electrons. The Labute approximate surface area is 147 Å². The molecule has 4 rings (SSSR count). The van der Waals surface area contributed by atoms with Gasteiger partial charge in [-0.1, -0.05) is 6.07 Å². The summed E-state index contributed by atoms with van der Waals surface area (Å²) in [5.41, 5.74) is 6.69. The minimum atomic E-state index is 0.195. The van der Waals surface area contributed by atoms with E-state index in [1.165, 1.54) is 24.0 Å². The zero-order valence-corrected chi connectivity index (χ0v) is 14.7. The molecule has 1 fully saturated rings. The van der Waals surface area contributed by atoms with Gasteiger partial charge in [0.2, 0.25) is 0 Å². The average molecular weight is 341 g/mol. The second-order valence-corrected chi connectivity index (χ2v) is 7.46. The average Bonchev–Trinajstić information content (AvgIpc) is 3.22. The summed E-state index contributed by atoms with van der Waals surface area (Å²) in [6, 6.07) is 6.30. The topological polar surface area (TPSA) is 36.4 Å². The van der Waals surface area contributed by atoms with Gasteiger partial charge < -0.3 is 4.90 Å². The van der Waals surface area contributed by atoms with Crippen LogP contribution in [-0.2, 0) is 19.4 Å². The summed E-state index contributed by atoms with van der Waals surface area (Å²) in [7, 11) is 0. The SMILES string of the molecule is O=C(c1ccc2c(c1)CCC2)N1CCCN(Cc2cscn2)CC1. The lowest BCUT2D eigenvalue weighted by atomic mass is 10.1. The number of carbonyl (C=O) groups is 1. The van der Waals surface area contributed by atoms with Gasteiger partial charge in [0.15, 0.2) is 0 Å². The molecule has 0 atom stereocenters. The molecule has 0 unspecified atom stereocenters. The number of fused-ring (bicyclic) bond motifs is 1. The van der Waals surface area contributed by atoms with Gasteiger partial charge in [-0.3, -0.25) is 9.69 Å². The smallest absolute Gasteiger partial charge is 0.253 e. The van der Waals surface area contributed by atoms with Crippen molar-refractivity contribution in [3.63, 3.8) is 0 Å². The summed E-state index contributed by atoms with van der Waals surface area (Å²) in [4.78, 5) is 21.7. The molecule has 24 heavy (non-hydrogen) atoms. The van der Waals surface area contributed by atoms with Crippen molar-refractivity contribution in [2.45, 2.75) is 32.2 Å². The van der Waals surface area contributed by atoms with E-state index in [9.17, 15) is 4.79 Å². The molecular weight excluding hydrogens is 318 g/mol. The van der Waals surface area contributed by atoms with Crippen LogP contribution >= 0.6 is 11.3 Å². The first-order valence-corrected chi connectivity index (χ1v) is 9.74. The highest BCUT2D eigenvalue weighted by Crippen LogP contribution is 2.23. The lowest BCUT2D eigenvalue weighted by Crippen LogP contribution is -2.35. The molecule has 4 nitrogen and oxygen atoms in total. The Morgan fingerprint density at radius 1 is 1.08 bits per heavy atom. The van der Waals surface area contributed by atoms with Crippen LogP contribution < -0.4 is 0 Å². The van der Waals surface area contributed by atoms with E-state index in [2.05, 4.69) is 27.4 Å². The highest BCUT2D eigenvalue weighted by Gasteiger charge is 2.22. The van der Waals surface area contributed by atoms with Crippen molar-refractivity contribution in [3.8, 4) is 0 Å². The third-order valence-corrected chi connectivity index (χ3v) is 5.73. The standard InChI is InChI=1S/C19H23N3OS/c23-19(17-6-5-15-3-1-4-16(15)11-17)22-8-2-7-21(9-10-22)12-18-13-24-14-20-18/h5-6,11,13-14H,1-4,7-10,12H2. The molecule has 1 saturated heterocycles. The third kappa shape index (κ3) is 3.37. The van der Waals surface area contributed by atoms with Crippen molar-refractivity contribution in [2.75, 3.05) is 26.2 Å². The van der Waals surface area contributed by atoms with Gasteiger partial charge in [-0.2, -0.15) is 0 Å². The molecule has 1 amide bonds. The number of hydrogen-bond acceptors (Lipinski definition) is 4. The van der Waals surface area contributed by atoms with Crippen molar-refractivity contribution in [1.82, 2.24) is 14.8 Å². The first-order valence-electron chi connectivity index (χ1n) is 8.80. The minimum absolute atomic E-state index is 0.195. The fourth-order valence-corrected chi connectivity index (χ4v) is 4.31. The van der Waals surface area contributed by atoms with Crippen LogP contribution in [0.5, 0.6) is 0 Å². The van der Waals surface area contributed by atoms with Crippen LogP contribution in [0.25, 0.3) is 0 Å². The van der Waals surface area contributed by atoms with Crippen LogP contribution in [0, 0.1) is 0 Å². The normalized spacial score (nSPS) is 18.4. The maximum atomic E-state index is 12.9. The molecule has 1 aliphatic carbocycles. The third-order valence-electron chi connectivity index (χ3n) is 5.09. The maximum Gasteiger partial charge on any atom is 0.253 e. The number of aryl methyl sites for hydroxylation is 2. The molecule has 0 N–H and O–H groups in total. The van der Waals surface area contributed by atoms with E-state index < -0.39 is 0 Å². The van der Waals surface area contributed by atoms with Gasteiger partial charge in [0.25, 0.3) is 5.91 Å². The van der Waals surface area contributed by atoms with E-state index in [4.69, 9.17) is 0 Å². The Hall–Kier alpha value is -1.72. The molecule has 0 spiro atoms. The van der Waals surface area contributed by atoms with Gasteiger partial charge in [0.1, 0.15) is 0 Å². The molecule has 1 aromatic carbocycles. The number of rotatable bonds is 3. The zero-order chi connectivity index (χ0) is 16.4. The van der Waals surface area contributed by atoms with Crippen molar-refractivity contribution >= 4 is 17.2 Å². The zero-order valence-electron chi connectivity index (χ0n) is 13.9. The van der Waals surface area contributed by atoms with Crippen LogP contribution in [-0.4, -0.2) is 46.9 Å². The van der Waals surface area contributed by atoms with Crippen molar-refractivity contribution in [1.29, 1.82) is 0 Å². The van der Waals surface area contributed by atoms with Gasteiger partial charge >= 0.3 is 0 Å². The number of aromatic nitrogens is 1. The van der Waals surface area contributed by atoms with Crippen molar-refractivity contribution in [2.24, 2.45) is 0 Å². The lowest BCUT2D eigenvalue weighted by molar-refractivity contribution is 0.0761. The van der Waals surface area contributed by atoms with Gasteiger partial charge in [0.05, 0.1) is 11.2 Å². The van der Waals surface area contributed by atoms with Gasteiger partial charge in [-0.25, -0.2) is 4.98 Å². The number of hydrogen-bond donors (Lipinski definition) is 0. The largest absolute Gasteiger partial charge is 0.337 e. The second-order valence-electron chi connectivity index (χ2n) is 6.74. The van der Waals surface area contributed by atoms with Gasteiger partial charge in [-0.05, 0) is 48.9 Å². The molecule has 2 aromatic rings. The second kappa shape index (κ2) is 7.03. The highest BCUT2D eigenvalue weighted by atomic mass is 32.1. The van der Waals surface area contributed by atoms with Gasteiger partial charge in [0, 0.05) is 43.7 Å². The van der Waals surface area contributed by atoms with Crippen molar-refractivity contribution < 1.29 is 4.79 Å². The Morgan fingerprint density at radius 3 is 2.88 bits per heavy atom. The molecule has 0 bridgehead atoms. The number of benzene rings is 1. The lowest BCUT2D eigenvalue weighted by Gasteiger charge is -2.22. The van der Waals surface area contributed by atoms with E-state index in [0.717, 1.165) is 56.8 Å². The van der Waals surface area contributed by atoms with Crippen LogP contribution in [0.4, 0.5) is 0 Å². The monoisotopic (exact) mass is 341 g/mol. The predicted octanol–water partition coefficient (Wildman–Crippen LogP) is 2.98. The van der Waals surface area contributed by atoms with Crippen LogP contribution in [0.1, 0.15) is 40.0 Å². The summed E-state index contributed by atoms with van der Waals surface area (Å²) in [6.45, 7) is 4.51. The van der Waals surface area contributed by atoms with E-state index >= 15 is 0 Å². The van der Waals surface area contributed by atoms with E-state index in [0.29, 0.717) is 0 Å². The minimum Gasteiger partial charge on any atom is -0.337 e. The summed E-state index contributed by atoms with van der Waals surface area (Å²) < 4.78 is 0.